The summed E-state index contributed by atoms with van der Waals surface area (Å²) < 4.78 is 35.5. The van der Waals surface area contributed by atoms with Gasteiger partial charge >= 0.3 is 6.61 Å². The number of aliphatic imine (C=N–C) groups is 1. The first kappa shape index (κ1) is 21.8. The van der Waals surface area contributed by atoms with Crippen molar-refractivity contribution >= 4 is 11.9 Å². The van der Waals surface area contributed by atoms with Crippen molar-refractivity contribution in [2.45, 2.75) is 30.9 Å². The van der Waals surface area contributed by atoms with Crippen molar-refractivity contribution in [1.82, 2.24) is 4.90 Å². The zero-order valence-electron chi connectivity index (χ0n) is 17.8. The minimum atomic E-state index is -2.93. The number of nitrogens with two attached hydrogens (primary N) is 1. The van der Waals surface area contributed by atoms with Crippen LogP contribution in [0, 0.1) is 11.8 Å². The highest BCUT2D eigenvalue weighted by Crippen LogP contribution is 2.48. The molecule has 1 aliphatic carbocycles. The topological polar surface area (TPSA) is 77.2 Å². The molecule has 2 aromatic carbocycles. The van der Waals surface area contributed by atoms with Gasteiger partial charge < -0.3 is 15.2 Å². The number of alkyl halides is 2. The molecule has 6 nitrogen and oxygen atoms in total. The first-order chi connectivity index (χ1) is 15.4. The van der Waals surface area contributed by atoms with E-state index in [1.54, 1.807) is 44.5 Å². The second kappa shape index (κ2) is 8.60. The molecule has 1 heterocycles. The molecule has 0 radical (unpaired) electrons. The Morgan fingerprint density at radius 2 is 2.00 bits per heavy atom. The molecule has 1 saturated carbocycles. The van der Waals surface area contributed by atoms with Crippen LogP contribution in [0.4, 0.5) is 8.78 Å². The zero-order chi connectivity index (χ0) is 22.9. The Morgan fingerprint density at radius 1 is 1.25 bits per heavy atom. The second-order valence-corrected chi connectivity index (χ2v) is 7.77. The number of benzene rings is 2. The Balaban J connectivity index is 1.87. The molecule has 2 N–H and O–H groups in total. The number of rotatable bonds is 6. The minimum Gasteiger partial charge on any atom is -0.435 e. The van der Waals surface area contributed by atoms with Gasteiger partial charge in [-0.1, -0.05) is 30.0 Å². The van der Waals surface area contributed by atoms with Crippen LogP contribution in [0.25, 0.3) is 0 Å². The smallest absolute Gasteiger partial charge is 0.387 e. The van der Waals surface area contributed by atoms with E-state index in [1.807, 2.05) is 6.07 Å². The molecule has 4 rings (SSSR count). The van der Waals surface area contributed by atoms with Crippen LogP contribution in [0.3, 0.4) is 0 Å². The molecule has 1 atom stereocenters. The molecule has 166 valence electrons. The van der Waals surface area contributed by atoms with Crippen LogP contribution < -0.4 is 10.5 Å². The Hall–Kier alpha value is -3.44. The van der Waals surface area contributed by atoms with Gasteiger partial charge in [-0.25, -0.2) is 4.99 Å². The van der Waals surface area contributed by atoms with Gasteiger partial charge in [0, 0.05) is 19.7 Å². The molecule has 2 aliphatic rings. The quantitative estimate of drug-likeness (QED) is 0.702. The maximum Gasteiger partial charge on any atom is 0.387 e. The van der Waals surface area contributed by atoms with Crippen LogP contribution in [0.2, 0.25) is 0 Å². The number of likely N-dealkylation sites (N-methyl/N-ethyl adjacent to an activating group) is 1. The van der Waals surface area contributed by atoms with Crippen LogP contribution in [0.1, 0.15) is 41.0 Å². The molecule has 1 fully saturated rings. The highest BCUT2D eigenvalue weighted by Gasteiger charge is 2.50. The number of methoxy groups -OCH3 is 1. The summed E-state index contributed by atoms with van der Waals surface area (Å²) in [4.78, 5) is 19.4. The molecule has 1 amide bonds. The number of carbonyl (C=O) groups is 1. The first-order valence-electron chi connectivity index (χ1n) is 10.2. The SMILES string of the molecule is COCC#Cc1cccc([C@]2(c3ccc(OC(F)F)c(C4CC4)c3)N=C(N)N(C)C2=O)c1. The predicted molar refractivity (Wildman–Crippen MR) is 115 cm³/mol. The number of ether oxygens (including phenoxy) is 2. The number of guanidine groups is 1. The molecule has 8 heteroatoms. The number of nitrogens with zero attached hydrogens (tertiary/aromatic N) is 2. The summed E-state index contributed by atoms with van der Waals surface area (Å²) in [6.45, 7) is -2.65. The van der Waals surface area contributed by atoms with Gasteiger partial charge in [-0.15, -0.1) is 0 Å². The molecule has 32 heavy (non-hydrogen) atoms. The third kappa shape index (κ3) is 3.92. The highest BCUT2D eigenvalue weighted by atomic mass is 19.3. The summed E-state index contributed by atoms with van der Waals surface area (Å²) in [6.07, 6.45) is 1.75. The summed E-state index contributed by atoms with van der Waals surface area (Å²) in [7, 11) is 3.12. The number of amides is 1. The first-order valence-corrected chi connectivity index (χ1v) is 10.2. The summed E-state index contributed by atoms with van der Waals surface area (Å²) in [5.74, 6) is 5.87. The van der Waals surface area contributed by atoms with Gasteiger partial charge in [-0.2, -0.15) is 8.78 Å². The van der Waals surface area contributed by atoms with E-state index in [0.29, 0.717) is 22.3 Å². The van der Waals surface area contributed by atoms with Gasteiger partial charge in [0.25, 0.3) is 5.91 Å². The van der Waals surface area contributed by atoms with E-state index < -0.39 is 12.2 Å². The van der Waals surface area contributed by atoms with Crippen LogP contribution in [-0.4, -0.2) is 44.1 Å². The van der Waals surface area contributed by atoms with E-state index in [0.717, 1.165) is 12.8 Å². The lowest BCUT2D eigenvalue weighted by atomic mass is 9.81. The molecular formula is C24H23F2N3O3. The van der Waals surface area contributed by atoms with Crippen molar-refractivity contribution in [1.29, 1.82) is 0 Å². The number of carbonyl (C=O) groups excluding carboxylic acids is 1. The summed E-state index contributed by atoms with van der Waals surface area (Å²) in [5.41, 5.74) is 7.07. The van der Waals surface area contributed by atoms with Crippen molar-refractivity contribution in [3.05, 3.63) is 64.7 Å². The lowest BCUT2D eigenvalue weighted by Gasteiger charge is -2.27. The molecule has 0 bridgehead atoms. The maximum absolute atomic E-state index is 13.5. The highest BCUT2D eigenvalue weighted by molar-refractivity contribution is 6.09. The second-order valence-electron chi connectivity index (χ2n) is 7.77. The van der Waals surface area contributed by atoms with E-state index in [9.17, 15) is 13.6 Å². The van der Waals surface area contributed by atoms with Crippen molar-refractivity contribution in [3.63, 3.8) is 0 Å². The molecule has 0 aromatic heterocycles. The summed E-state index contributed by atoms with van der Waals surface area (Å²) in [5, 5.41) is 0. The molecule has 0 spiro atoms. The van der Waals surface area contributed by atoms with Crippen LogP contribution in [0.15, 0.2) is 47.5 Å². The fraction of sp³-hybridized carbons (Fsp3) is 0.333. The Morgan fingerprint density at radius 3 is 2.62 bits per heavy atom. The van der Waals surface area contributed by atoms with E-state index in [4.69, 9.17) is 15.2 Å². The van der Waals surface area contributed by atoms with Gasteiger partial charge in [-0.05, 0) is 59.7 Å². The lowest BCUT2D eigenvalue weighted by molar-refractivity contribution is -0.129. The summed E-state index contributed by atoms with van der Waals surface area (Å²) >= 11 is 0. The lowest BCUT2D eigenvalue weighted by Crippen LogP contribution is -2.41. The largest absolute Gasteiger partial charge is 0.435 e. The van der Waals surface area contributed by atoms with Gasteiger partial charge in [0.15, 0.2) is 11.5 Å². The Labute approximate surface area is 185 Å². The zero-order valence-corrected chi connectivity index (χ0v) is 17.8. The fourth-order valence-electron chi connectivity index (χ4n) is 3.91. The maximum atomic E-state index is 13.5. The van der Waals surface area contributed by atoms with Crippen LogP contribution >= 0.6 is 0 Å². The van der Waals surface area contributed by atoms with Gasteiger partial charge in [-0.3, -0.25) is 9.69 Å². The number of halogens is 2. The summed E-state index contributed by atoms with van der Waals surface area (Å²) in [6, 6.07) is 12.0. The van der Waals surface area contributed by atoms with E-state index >= 15 is 0 Å². The molecule has 2 aromatic rings. The van der Waals surface area contributed by atoms with Crippen molar-refractivity contribution in [2.75, 3.05) is 20.8 Å². The van der Waals surface area contributed by atoms with Crippen molar-refractivity contribution < 1.29 is 23.0 Å². The van der Waals surface area contributed by atoms with E-state index in [1.165, 1.54) is 11.0 Å². The molecule has 0 unspecified atom stereocenters. The van der Waals surface area contributed by atoms with Crippen LogP contribution in [0.5, 0.6) is 5.75 Å². The predicted octanol–water partition coefficient (Wildman–Crippen LogP) is 3.19. The monoisotopic (exact) mass is 439 g/mol. The van der Waals surface area contributed by atoms with Gasteiger partial charge in [0.1, 0.15) is 12.4 Å². The number of hydrogen-bond donors (Lipinski definition) is 1. The average Bonchev–Trinajstić information content (AvgIpc) is 3.59. The van der Waals surface area contributed by atoms with Crippen LogP contribution in [-0.2, 0) is 15.1 Å². The van der Waals surface area contributed by atoms with Gasteiger partial charge in [0.05, 0.1) is 0 Å². The average molecular weight is 439 g/mol. The van der Waals surface area contributed by atoms with Crippen molar-refractivity contribution in [2.24, 2.45) is 10.7 Å². The normalized spacial score (nSPS) is 20.2. The standard InChI is InChI=1S/C24H23F2N3O3/c1-29-21(30)24(28-23(29)27,17-7-3-5-15(13-17)6-4-12-31-2)18-10-11-20(32-22(25)26)19(14-18)16-8-9-16/h3,5,7,10-11,13-14,16,22H,8-9,12H2,1-2H3,(H2,27,28)/t24-/m1/s1. The third-order valence-electron chi connectivity index (χ3n) is 5.63. The minimum absolute atomic E-state index is 0.0757. The number of hydrogen-bond acceptors (Lipinski definition) is 5. The Bertz CT molecular complexity index is 1130. The Kier molecular flexibility index (Phi) is 5.85. The fourth-order valence-corrected chi connectivity index (χ4v) is 3.91. The van der Waals surface area contributed by atoms with E-state index in [-0.39, 0.29) is 30.1 Å². The molecule has 0 saturated heterocycles. The van der Waals surface area contributed by atoms with Crippen molar-refractivity contribution in [3.8, 4) is 17.6 Å². The molecular weight excluding hydrogens is 416 g/mol. The van der Waals surface area contributed by atoms with E-state index in [2.05, 4.69) is 16.8 Å². The third-order valence-corrected chi connectivity index (χ3v) is 5.63. The van der Waals surface area contributed by atoms with Gasteiger partial charge in [0.2, 0.25) is 0 Å². The molecule has 1 aliphatic heterocycles.